The second kappa shape index (κ2) is 37.4. The molecule has 0 bridgehead atoms. The quantitative estimate of drug-likeness (QED) is 0.0627. The summed E-state index contributed by atoms with van der Waals surface area (Å²) in [7, 11) is 0. The number of nitrogen functional groups attached to an aromatic ring is 5. The molecule has 654 valence electrons. The van der Waals surface area contributed by atoms with E-state index in [1.165, 1.54) is 61.2 Å². The Morgan fingerprint density at radius 1 is 0.289 bits per heavy atom. The van der Waals surface area contributed by atoms with E-state index in [0.717, 1.165) is 139 Å². The first-order valence-electron chi connectivity index (χ1n) is 41.3. The van der Waals surface area contributed by atoms with E-state index in [0.29, 0.717) is 99.9 Å². The fraction of sp³-hybridized carbons (Fsp3) is 0.0198. The van der Waals surface area contributed by atoms with Crippen LogP contribution in [-0.2, 0) is 0 Å². The lowest BCUT2D eigenvalue weighted by Crippen LogP contribution is -2.01. The van der Waals surface area contributed by atoms with Crippen molar-refractivity contribution in [2.24, 2.45) is 0 Å². The molecular formula is C101H66Cl3F4N27. The van der Waals surface area contributed by atoms with E-state index in [2.05, 4.69) is 105 Å². The standard InChI is InChI=1S/2C21H13FN6.C20H14ClFN4.C20H13FN6.C19H13Cl2N5/c22-15-4-1-12(2-5-15)18-17(19-20(21(23)28-18)26-8-7-25-19)13-3-6-16-14(9-13)10-24-11-27-16;22-15-4-1-12(2-5-15)18-17(19-20(21(23)27-18)25-10-9-24-19)14-3-6-16-13(11-14)7-8-26-28-16;1-11-9-13(10-16(21)25-11)17-18(12-4-6-14(22)7-5-12)26-20(23)15-3-2-8-24-19(15)17;21-14-6-3-12(4-7-14)18-17(13-5-8-16-24-11-25-27(16)10-13)19-15(20(22)26-18)2-1-9-23-19;1-10-8-12(9-14(21)25-10)15-16(11-2-4-13(20)5-3-11)26-19(22)18-17(15)23-6-7-24-18/h1-11H,(H2,23,28);1-11H,(H2,23,27);2-10H,1H3,(H2,23,26);1-11H,(H2,22,26);2-9H,1H3,(H2,22,26). The molecule has 10 N–H and O–H groups in total. The second-order valence-corrected chi connectivity index (χ2v) is 31.6. The Morgan fingerprint density at radius 3 is 1.09 bits per heavy atom. The summed E-state index contributed by atoms with van der Waals surface area (Å²) in [5.74, 6) is 0.355. The maximum atomic E-state index is 13.5. The van der Waals surface area contributed by atoms with E-state index < -0.39 is 0 Å². The zero-order chi connectivity index (χ0) is 93.1. The molecule has 135 heavy (non-hydrogen) atoms. The number of hydrogen-bond acceptors (Lipinski definition) is 26. The van der Waals surface area contributed by atoms with Gasteiger partial charge in [-0.05, 0) is 236 Å². The molecule has 27 nitrogen and oxygen atoms in total. The Bertz CT molecular complexity index is 8080. The average molecular weight is 1840 g/mol. The predicted octanol–water partition coefficient (Wildman–Crippen LogP) is 21.8. The molecule has 0 aliphatic rings. The van der Waals surface area contributed by atoms with E-state index in [1.54, 1.807) is 127 Å². The highest BCUT2D eigenvalue weighted by atomic mass is 35.5. The topological polar surface area (TPSA) is 405 Å². The minimum absolute atomic E-state index is 0.273. The van der Waals surface area contributed by atoms with Crippen LogP contribution in [0.4, 0.5) is 46.7 Å². The molecule has 0 aliphatic heterocycles. The molecule has 0 spiro atoms. The van der Waals surface area contributed by atoms with E-state index in [-0.39, 0.29) is 34.9 Å². The lowest BCUT2D eigenvalue weighted by atomic mass is 9.96. The molecule has 0 radical (unpaired) electrons. The molecule has 34 heteroatoms. The molecule has 0 unspecified atom stereocenters. The van der Waals surface area contributed by atoms with Gasteiger partial charge in [-0.1, -0.05) is 59.1 Å². The molecule has 16 heterocycles. The van der Waals surface area contributed by atoms with Crippen LogP contribution in [0.3, 0.4) is 0 Å². The van der Waals surface area contributed by atoms with Gasteiger partial charge >= 0.3 is 0 Å². The predicted molar refractivity (Wildman–Crippen MR) is 520 cm³/mol. The van der Waals surface area contributed by atoms with Gasteiger partial charge in [0.25, 0.3) is 0 Å². The molecule has 0 atom stereocenters. The maximum absolute atomic E-state index is 13.5. The van der Waals surface area contributed by atoms with Gasteiger partial charge < -0.3 is 28.7 Å². The molecule has 0 saturated carbocycles. The number of anilines is 5. The summed E-state index contributed by atoms with van der Waals surface area (Å²) in [6, 6.07) is 64.2. The average Bonchev–Trinajstić information content (AvgIpc) is 1.73. The number of aromatic nitrogens is 22. The third kappa shape index (κ3) is 18.0. The number of nitrogens with zero attached hydrogens (tertiary/aromatic N) is 22. The number of fused-ring (bicyclic) bond motifs is 8. The molecule has 23 rings (SSSR count). The molecule has 7 aromatic carbocycles. The largest absolute Gasteiger partial charge is 0.383 e. The zero-order valence-electron chi connectivity index (χ0n) is 70.7. The number of aryl methyl sites for hydroxylation is 2. The van der Waals surface area contributed by atoms with Crippen LogP contribution in [0, 0.1) is 37.1 Å². The highest BCUT2D eigenvalue weighted by Gasteiger charge is 2.26. The Kier molecular flexibility index (Phi) is 24.0. The smallest absolute Gasteiger partial charge is 0.155 e. The van der Waals surface area contributed by atoms with E-state index >= 15 is 0 Å². The lowest BCUT2D eigenvalue weighted by molar-refractivity contribution is 0.627. The van der Waals surface area contributed by atoms with Crippen LogP contribution in [0.15, 0.2) is 305 Å². The summed E-state index contributed by atoms with van der Waals surface area (Å²) in [5.41, 5.74) is 55.0. The number of benzene rings is 7. The first-order chi connectivity index (χ1) is 65.7. The Balaban J connectivity index is 0.000000108. The highest BCUT2D eigenvalue weighted by Crippen LogP contribution is 2.45. The van der Waals surface area contributed by atoms with Gasteiger partial charge in [0, 0.05) is 161 Å². The van der Waals surface area contributed by atoms with Gasteiger partial charge in [0.15, 0.2) is 23.1 Å². The van der Waals surface area contributed by atoms with Crippen molar-refractivity contribution in [3.05, 3.63) is 355 Å². The third-order valence-corrected chi connectivity index (χ3v) is 22.3. The van der Waals surface area contributed by atoms with E-state index in [9.17, 15) is 17.6 Å². The van der Waals surface area contributed by atoms with Crippen LogP contribution in [0.2, 0.25) is 15.3 Å². The highest BCUT2D eigenvalue weighted by molar-refractivity contribution is 6.31. The molecule has 23 aromatic rings. The fourth-order valence-corrected chi connectivity index (χ4v) is 16.3. The van der Waals surface area contributed by atoms with Crippen LogP contribution in [0.1, 0.15) is 11.4 Å². The molecule has 0 saturated heterocycles. The normalized spacial score (nSPS) is 11.1. The molecular weight excluding hydrogens is 1770 g/mol. The number of halogens is 7. The Labute approximate surface area is 778 Å². The number of pyridine rings is 10. The minimum atomic E-state index is -0.318. The monoisotopic (exact) mass is 1840 g/mol. The molecule has 16 aromatic heterocycles. The van der Waals surface area contributed by atoms with Crippen LogP contribution in [0.25, 0.3) is 194 Å². The van der Waals surface area contributed by atoms with Gasteiger partial charge in [0.1, 0.15) is 91.0 Å². The van der Waals surface area contributed by atoms with E-state index in [1.807, 2.05) is 135 Å². The van der Waals surface area contributed by atoms with Crippen molar-refractivity contribution in [3.63, 3.8) is 0 Å². The van der Waals surface area contributed by atoms with Crippen molar-refractivity contribution in [2.75, 3.05) is 28.7 Å². The van der Waals surface area contributed by atoms with Crippen LogP contribution >= 0.6 is 34.8 Å². The van der Waals surface area contributed by atoms with Crippen LogP contribution in [0.5, 0.6) is 0 Å². The van der Waals surface area contributed by atoms with Crippen molar-refractivity contribution in [1.29, 1.82) is 0 Å². The summed E-state index contributed by atoms with van der Waals surface area (Å²) in [5, 5.41) is 17.0. The van der Waals surface area contributed by atoms with Crippen LogP contribution < -0.4 is 28.7 Å². The molecule has 0 fully saturated rings. The number of hydrogen-bond donors (Lipinski definition) is 5. The number of nitrogens with two attached hydrogens (primary N) is 5. The van der Waals surface area contributed by atoms with Gasteiger partial charge in [-0.3, -0.25) is 24.9 Å². The van der Waals surface area contributed by atoms with Gasteiger partial charge in [-0.25, -0.2) is 86.9 Å². The molecule has 0 aliphatic carbocycles. The van der Waals surface area contributed by atoms with Crippen molar-refractivity contribution < 1.29 is 17.6 Å². The Hall–Kier alpha value is -17.7. The summed E-state index contributed by atoms with van der Waals surface area (Å²) in [6.07, 6.45) is 21.3. The second-order valence-electron chi connectivity index (χ2n) is 30.4. The maximum Gasteiger partial charge on any atom is 0.155 e. The fourth-order valence-electron chi connectivity index (χ4n) is 15.7. The first-order valence-corrected chi connectivity index (χ1v) is 42.4. The summed E-state index contributed by atoms with van der Waals surface area (Å²) >= 11 is 18.4. The zero-order valence-corrected chi connectivity index (χ0v) is 73.0. The Morgan fingerprint density at radius 2 is 0.652 bits per heavy atom. The number of rotatable bonds is 10. The van der Waals surface area contributed by atoms with Gasteiger partial charge in [0.2, 0.25) is 0 Å². The molecule has 0 amide bonds. The van der Waals surface area contributed by atoms with Crippen molar-refractivity contribution >= 4 is 146 Å². The summed E-state index contributed by atoms with van der Waals surface area (Å²) in [6.45, 7) is 3.75. The van der Waals surface area contributed by atoms with Crippen molar-refractivity contribution in [2.45, 2.75) is 13.8 Å². The van der Waals surface area contributed by atoms with Crippen molar-refractivity contribution in [3.8, 4) is 112 Å². The summed E-state index contributed by atoms with van der Waals surface area (Å²) in [4.78, 5) is 79.6. The lowest BCUT2D eigenvalue weighted by Gasteiger charge is -2.14. The van der Waals surface area contributed by atoms with Crippen LogP contribution in [-0.4, -0.2) is 110 Å². The summed E-state index contributed by atoms with van der Waals surface area (Å²) < 4.78 is 55.4. The van der Waals surface area contributed by atoms with E-state index in [4.69, 9.17) is 63.5 Å². The minimum Gasteiger partial charge on any atom is -0.383 e. The third-order valence-electron chi connectivity index (χ3n) is 21.7. The van der Waals surface area contributed by atoms with Gasteiger partial charge in [-0.15, -0.1) is 0 Å². The SMILES string of the molecule is Cc1cc(-c2c(-c3ccc(Cl)cc3)nc(N)c3nccnc23)cc(Cl)n1.Cc1cc(-c2c(-c3ccc(F)cc3)nc(N)c3cccnc23)cc(Cl)n1.Nc1nc(-c2ccc(F)cc2)c(-c2ccc3ncncc3c2)c2nccnc12.Nc1nc(-c2ccc(F)cc2)c(-c2ccc3ncnn3c2)c2ncccc12.Nc1nc(-c2ccc(F)cc2)c(-c2ccc3nnccc3c2)c2nccnc12. The van der Waals surface area contributed by atoms with Gasteiger partial charge in [0.05, 0.1) is 56.7 Å². The van der Waals surface area contributed by atoms with Gasteiger partial charge in [-0.2, -0.15) is 15.3 Å². The first kappa shape index (κ1) is 86.7. The van der Waals surface area contributed by atoms with Crippen molar-refractivity contribution in [1.82, 2.24) is 110 Å².